The van der Waals surface area contributed by atoms with Crippen molar-refractivity contribution in [1.29, 1.82) is 0 Å². The van der Waals surface area contributed by atoms with Gasteiger partial charge in [0.25, 0.3) is 0 Å². The Bertz CT molecular complexity index is 483. The number of anilines is 1. The highest BCUT2D eigenvalue weighted by molar-refractivity contribution is 5.88. The second-order valence-corrected chi connectivity index (χ2v) is 5.22. The van der Waals surface area contributed by atoms with Crippen molar-refractivity contribution >= 4 is 17.7 Å². The Kier molecular flexibility index (Phi) is 4.55. The van der Waals surface area contributed by atoms with E-state index in [2.05, 4.69) is 10.3 Å². The standard InChI is InChI=1S/C14H19N3O3/c1-17(9-10-3-2-4-10)14(20)16-12-6-5-11(15-8-12)7-13(18)19/h5-6,8,10H,2-4,7,9H2,1H3,(H,16,20)(H,18,19). The van der Waals surface area contributed by atoms with Gasteiger partial charge < -0.3 is 15.3 Å². The second kappa shape index (κ2) is 6.36. The van der Waals surface area contributed by atoms with Gasteiger partial charge in [-0.3, -0.25) is 9.78 Å². The number of hydrogen-bond acceptors (Lipinski definition) is 3. The molecule has 1 fully saturated rings. The lowest BCUT2D eigenvalue weighted by atomic mass is 9.85. The Hall–Kier alpha value is -2.11. The number of carbonyl (C=O) groups is 2. The maximum Gasteiger partial charge on any atom is 0.321 e. The third-order valence-electron chi connectivity index (χ3n) is 3.51. The molecule has 1 aliphatic rings. The van der Waals surface area contributed by atoms with Crippen molar-refractivity contribution in [2.24, 2.45) is 5.92 Å². The molecule has 6 nitrogen and oxygen atoms in total. The highest BCUT2D eigenvalue weighted by atomic mass is 16.4. The van der Waals surface area contributed by atoms with E-state index in [9.17, 15) is 9.59 Å². The van der Waals surface area contributed by atoms with E-state index in [1.54, 1.807) is 24.1 Å². The molecule has 0 unspecified atom stereocenters. The van der Waals surface area contributed by atoms with E-state index in [-0.39, 0.29) is 12.5 Å². The van der Waals surface area contributed by atoms with Crippen molar-refractivity contribution in [3.05, 3.63) is 24.0 Å². The minimum atomic E-state index is -0.922. The predicted octanol–water partition coefficient (Wildman–Crippen LogP) is 1.97. The Morgan fingerprint density at radius 2 is 2.20 bits per heavy atom. The number of aliphatic carboxylic acids is 1. The fourth-order valence-electron chi connectivity index (χ4n) is 2.12. The average molecular weight is 277 g/mol. The molecule has 2 rings (SSSR count). The summed E-state index contributed by atoms with van der Waals surface area (Å²) in [6.45, 7) is 0.774. The maximum absolute atomic E-state index is 11.9. The molecule has 0 atom stereocenters. The summed E-state index contributed by atoms with van der Waals surface area (Å²) in [6.07, 6.45) is 5.02. The smallest absolute Gasteiger partial charge is 0.321 e. The Morgan fingerprint density at radius 3 is 2.70 bits per heavy atom. The summed E-state index contributed by atoms with van der Waals surface area (Å²) in [6, 6.07) is 3.11. The minimum absolute atomic E-state index is 0.115. The van der Waals surface area contributed by atoms with E-state index in [4.69, 9.17) is 5.11 Å². The summed E-state index contributed by atoms with van der Waals surface area (Å²) in [4.78, 5) is 28.2. The normalized spacial score (nSPS) is 14.4. The molecule has 1 aliphatic carbocycles. The summed E-state index contributed by atoms with van der Waals surface area (Å²) in [5.41, 5.74) is 1.04. The molecule has 20 heavy (non-hydrogen) atoms. The van der Waals surface area contributed by atoms with Crippen molar-refractivity contribution in [1.82, 2.24) is 9.88 Å². The van der Waals surface area contributed by atoms with Crippen LogP contribution >= 0.6 is 0 Å². The quantitative estimate of drug-likeness (QED) is 0.862. The molecule has 1 aromatic rings. The number of nitrogens with zero attached hydrogens (tertiary/aromatic N) is 2. The van der Waals surface area contributed by atoms with Gasteiger partial charge >= 0.3 is 12.0 Å². The van der Waals surface area contributed by atoms with Crippen molar-refractivity contribution in [3.8, 4) is 0 Å². The Morgan fingerprint density at radius 1 is 1.45 bits per heavy atom. The van der Waals surface area contributed by atoms with Crippen LogP contribution in [0.15, 0.2) is 18.3 Å². The highest BCUT2D eigenvalue weighted by Crippen LogP contribution is 2.26. The van der Waals surface area contributed by atoms with E-state index in [1.807, 2.05) is 0 Å². The number of amides is 2. The molecule has 0 bridgehead atoms. The van der Waals surface area contributed by atoms with Crippen molar-refractivity contribution < 1.29 is 14.7 Å². The van der Waals surface area contributed by atoms with Crippen LogP contribution in [0.5, 0.6) is 0 Å². The van der Waals surface area contributed by atoms with Crippen LogP contribution in [0.3, 0.4) is 0 Å². The fraction of sp³-hybridized carbons (Fsp3) is 0.500. The zero-order valence-corrected chi connectivity index (χ0v) is 11.5. The van der Waals surface area contributed by atoms with Crippen LogP contribution in [0, 0.1) is 5.92 Å². The number of carboxylic acids is 1. The molecule has 2 N–H and O–H groups in total. The third-order valence-corrected chi connectivity index (χ3v) is 3.51. The highest BCUT2D eigenvalue weighted by Gasteiger charge is 2.21. The summed E-state index contributed by atoms with van der Waals surface area (Å²) < 4.78 is 0. The number of rotatable bonds is 5. The molecule has 0 aliphatic heterocycles. The molecule has 108 valence electrons. The average Bonchev–Trinajstić information content (AvgIpc) is 2.35. The molecule has 0 saturated heterocycles. The molecule has 1 heterocycles. The molecule has 0 aromatic carbocycles. The lowest BCUT2D eigenvalue weighted by molar-refractivity contribution is -0.136. The van der Waals surface area contributed by atoms with Crippen LogP contribution in [0.2, 0.25) is 0 Å². The van der Waals surface area contributed by atoms with Crippen molar-refractivity contribution in [2.45, 2.75) is 25.7 Å². The SMILES string of the molecule is CN(CC1CCC1)C(=O)Nc1ccc(CC(=O)O)nc1. The van der Waals surface area contributed by atoms with E-state index in [1.165, 1.54) is 25.5 Å². The number of nitrogens with one attached hydrogen (secondary N) is 1. The summed E-state index contributed by atoms with van der Waals surface area (Å²) in [7, 11) is 1.78. The third kappa shape index (κ3) is 3.94. The van der Waals surface area contributed by atoms with E-state index < -0.39 is 5.97 Å². The first-order valence-electron chi connectivity index (χ1n) is 6.73. The topological polar surface area (TPSA) is 82.5 Å². The molecule has 1 saturated carbocycles. The number of aromatic nitrogens is 1. The molecule has 0 radical (unpaired) electrons. The van der Waals surface area contributed by atoms with Crippen LogP contribution < -0.4 is 5.32 Å². The summed E-state index contributed by atoms with van der Waals surface area (Å²) >= 11 is 0. The van der Waals surface area contributed by atoms with Gasteiger partial charge in [-0.2, -0.15) is 0 Å². The second-order valence-electron chi connectivity index (χ2n) is 5.22. The number of carboxylic acid groups (broad SMARTS) is 1. The zero-order chi connectivity index (χ0) is 14.5. The van der Waals surface area contributed by atoms with Gasteiger partial charge in [-0.1, -0.05) is 6.42 Å². The van der Waals surface area contributed by atoms with Crippen molar-refractivity contribution in [2.75, 3.05) is 18.9 Å². The molecule has 0 spiro atoms. The van der Waals surface area contributed by atoms with Gasteiger partial charge in [-0.15, -0.1) is 0 Å². The van der Waals surface area contributed by atoms with Crippen LogP contribution in [0.1, 0.15) is 25.0 Å². The lowest BCUT2D eigenvalue weighted by Gasteiger charge is -2.30. The van der Waals surface area contributed by atoms with Gasteiger partial charge in [-0.25, -0.2) is 4.79 Å². The van der Waals surface area contributed by atoms with Gasteiger partial charge in [0, 0.05) is 13.6 Å². The van der Waals surface area contributed by atoms with E-state index >= 15 is 0 Å². The summed E-state index contributed by atoms with van der Waals surface area (Å²) in [5, 5.41) is 11.4. The van der Waals surface area contributed by atoms with Crippen LogP contribution in [-0.4, -0.2) is 40.6 Å². The summed E-state index contributed by atoms with van der Waals surface area (Å²) in [5.74, 6) is -0.295. The first-order valence-corrected chi connectivity index (χ1v) is 6.73. The monoisotopic (exact) mass is 277 g/mol. The molecular weight excluding hydrogens is 258 g/mol. The van der Waals surface area contributed by atoms with Crippen LogP contribution in [0.4, 0.5) is 10.5 Å². The Balaban J connectivity index is 1.85. The van der Waals surface area contributed by atoms with E-state index in [0.717, 1.165) is 6.54 Å². The molecule has 6 heteroatoms. The number of hydrogen-bond donors (Lipinski definition) is 2. The lowest BCUT2D eigenvalue weighted by Crippen LogP contribution is -2.37. The first-order chi connectivity index (χ1) is 9.54. The largest absolute Gasteiger partial charge is 0.481 e. The van der Waals surface area contributed by atoms with Gasteiger partial charge in [0.2, 0.25) is 0 Å². The zero-order valence-electron chi connectivity index (χ0n) is 11.5. The molecular formula is C14H19N3O3. The molecule has 1 aromatic heterocycles. The maximum atomic E-state index is 11.9. The predicted molar refractivity (Wildman–Crippen MR) is 74.6 cm³/mol. The van der Waals surface area contributed by atoms with Crippen LogP contribution in [-0.2, 0) is 11.2 Å². The number of pyridine rings is 1. The number of urea groups is 1. The fourth-order valence-corrected chi connectivity index (χ4v) is 2.12. The van der Waals surface area contributed by atoms with Gasteiger partial charge in [0.05, 0.1) is 24.0 Å². The van der Waals surface area contributed by atoms with Crippen molar-refractivity contribution in [3.63, 3.8) is 0 Å². The first kappa shape index (κ1) is 14.3. The van der Waals surface area contributed by atoms with Gasteiger partial charge in [-0.05, 0) is 30.9 Å². The van der Waals surface area contributed by atoms with Gasteiger partial charge in [0.1, 0.15) is 0 Å². The molecule has 2 amide bonds. The van der Waals surface area contributed by atoms with Crippen LogP contribution in [0.25, 0.3) is 0 Å². The van der Waals surface area contributed by atoms with Gasteiger partial charge in [0.15, 0.2) is 0 Å². The minimum Gasteiger partial charge on any atom is -0.481 e. The van der Waals surface area contributed by atoms with E-state index in [0.29, 0.717) is 17.3 Å². The Labute approximate surface area is 117 Å². The number of carbonyl (C=O) groups excluding carboxylic acids is 1.